The highest BCUT2D eigenvalue weighted by atomic mass is 19.4. The Hall–Kier alpha value is -3.82. The average Bonchev–Trinajstić information content (AvgIpc) is 3.67. The molecule has 2 amide bonds. The van der Waals surface area contributed by atoms with Crippen LogP contribution in [0.4, 0.5) is 27.6 Å². The monoisotopic (exact) mass is 652 g/mol. The second kappa shape index (κ2) is 12.8. The van der Waals surface area contributed by atoms with Crippen molar-refractivity contribution in [1.29, 1.82) is 0 Å². The van der Waals surface area contributed by atoms with E-state index < -0.39 is 48.3 Å². The number of fused-ring (bicyclic) bond motifs is 1. The molecule has 250 valence electrons. The second-order valence-corrected chi connectivity index (χ2v) is 12.3. The molecular formula is C30H37F5N8O3. The number of morpholine rings is 1. The lowest BCUT2D eigenvalue weighted by Gasteiger charge is -2.33. The Morgan fingerprint density at radius 2 is 1.96 bits per heavy atom. The first-order valence-corrected chi connectivity index (χ1v) is 15.7. The summed E-state index contributed by atoms with van der Waals surface area (Å²) >= 11 is 0. The number of rotatable bonds is 8. The number of imidazole rings is 1. The van der Waals surface area contributed by atoms with Gasteiger partial charge in [-0.05, 0) is 38.2 Å². The summed E-state index contributed by atoms with van der Waals surface area (Å²) in [6.45, 7) is 3.78. The number of halogens is 5. The van der Waals surface area contributed by atoms with Crippen LogP contribution in [0, 0.1) is 17.8 Å². The number of carbonyl (C=O) groups is 2. The van der Waals surface area contributed by atoms with Crippen molar-refractivity contribution >= 4 is 23.1 Å². The van der Waals surface area contributed by atoms with E-state index in [1.807, 2.05) is 11.8 Å². The normalized spacial score (nSPS) is 23.3. The lowest BCUT2D eigenvalue weighted by molar-refractivity contribution is -0.183. The van der Waals surface area contributed by atoms with E-state index in [1.165, 1.54) is 15.4 Å². The summed E-state index contributed by atoms with van der Waals surface area (Å²) in [5.74, 6) is -6.55. The molecule has 16 heteroatoms. The molecule has 0 bridgehead atoms. The molecule has 46 heavy (non-hydrogen) atoms. The number of aryl methyl sites for hydroxylation is 1. The molecule has 3 aromatic rings. The van der Waals surface area contributed by atoms with Gasteiger partial charge in [0.25, 0.3) is 5.91 Å². The van der Waals surface area contributed by atoms with Crippen LogP contribution in [0.1, 0.15) is 66.9 Å². The Bertz CT molecular complexity index is 1560. The number of hydrogen-bond donors (Lipinski definition) is 2. The number of nitrogens with one attached hydrogen (secondary N) is 2. The lowest BCUT2D eigenvalue weighted by atomic mass is 9.81. The predicted octanol–water partition coefficient (Wildman–Crippen LogP) is 3.94. The Morgan fingerprint density at radius 1 is 1.22 bits per heavy atom. The summed E-state index contributed by atoms with van der Waals surface area (Å²) < 4.78 is 77.5. The minimum Gasteiger partial charge on any atom is -0.378 e. The predicted molar refractivity (Wildman–Crippen MR) is 155 cm³/mol. The summed E-state index contributed by atoms with van der Waals surface area (Å²) in [7, 11) is 0. The van der Waals surface area contributed by atoms with Crippen LogP contribution in [0.5, 0.6) is 0 Å². The fraction of sp³-hybridized carbons (Fsp3) is 0.633. The van der Waals surface area contributed by atoms with E-state index in [-0.39, 0.29) is 44.4 Å². The molecule has 6 rings (SSSR count). The van der Waals surface area contributed by atoms with Crippen molar-refractivity contribution in [3.05, 3.63) is 41.6 Å². The maximum Gasteiger partial charge on any atom is 0.393 e. The molecule has 0 unspecified atom stereocenters. The van der Waals surface area contributed by atoms with Crippen LogP contribution >= 0.6 is 0 Å². The Kier molecular flexibility index (Phi) is 8.91. The third-order valence-electron chi connectivity index (χ3n) is 9.33. The minimum atomic E-state index is -4.44. The van der Waals surface area contributed by atoms with Gasteiger partial charge < -0.3 is 20.3 Å². The molecule has 0 aromatic carbocycles. The number of nitrogens with zero attached hydrogens (tertiary/aromatic N) is 6. The summed E-state index contributed by atoms with van der Waals surface area (Å²) in [5.41, 5.74) is 2.25. The zero-order valence-electron chi connectivity index (χ0n) is 25.4. The molecule has 3 atom stereocenters. The summed E-state index contributed by atoms with van der Waals surface area (Å²) in [6, 6.07) is 2.65. The van der Waals surface area contributed by atoms with Crippen molar-refractivity contribution in [2.24, 2.45) is 17.8 Å². The van der Waals surface area contributed by atoms with Crippen LogP contribution in [-0.4, -0.2) is 81.1 Å². The molecule has 0 spiro atoms. The molecule has 2 saturated heterocycles. The molecule has 5 heterocycles. The third-order valence-corrected chi connectivity index (χ3v) is 9.33. The molecule has 0 radical (unpaired) electrons. The topological polar surface area (TPSA) is 119 Å². The van der Waals surface area contributed by atoms with Crippen molar-refractivity contribution in [2.45, 2.75) is 70.1 Å². The van der Waals surface area contributed by atoms with Crippen molar-refractivity contribution < 1.29 is 36.3 Å². The number of alkyl halides is 5. The van der Waals surface area contributed by atoms with Crippen LogP contribution in [0.15, 0.2) is 24.5 Å². The second-order valence-electron chi connectivity index (χ2n) is 12.3. The summed E-state index contributed by atoms with van der Waals surface area (Å²) in [4.78, 5) is 32.9. The molecule has 1 saturated carbocycles. The highest BCUT2D eigenvalue weighted by Crippen LogP contribution is 2.42. The average molecular weight is 653 g/mol. The maximum absolute atomic E-state index is 14.1. The number of aromatic nitrogens is 5. The number of anilines is 1. The number of carbonyl (C=O) groups excluding carboxylic acids is 2. The van der Waals surface area contributed by atoms with E-state index in [4.69, 9.17) is 14.8 Å². The quantitative estimate of drug-likeness (QED) is 0.354. The smallest absolute Gasteiger partial charge is 0.378 e. The van der Waals surface area contributed by atoms with E-state index in [1.54, 1.807) is 18.3 Å². The zero-order valence-corrected chi connectivity index (χ0v) is 25.4. The molecule has 3 aliphatic rings. The van der Waals surface area contributed by atoms with Crippen molar-refractivity contribution in [1.82, 2.24) is 35.0 Å². The standard InChI is InChI=1S/C30H37F5N8O3/c1-2-42-23(5-8-37-42)28(45)39-26(18-3-6-29(31,32)7-4-18)22-17-43-25(38-22)15-24(41-9-11-46-12-10-41)21(40-43)14-19-13-20(30(33,34)35)16-36-27(19)44/h5,8,15,17-20,26H,2-4,6-7,9-14,16H2,1H3,(H,36,44)(H,39,45)/t19-,20-,26+/m1/s1. The van der Waals surface area contributed by atoms with E-state index in [2.05, 4.69) is 15.7 Å². The largest absolute Gasteiger partial charge is 0.393 e. The minimum absolute atomic E-state index is 0.0204. The number of hydrogen-bond acceptors (Lipinski definition) is 7. The van der Waals surface area contributed by atoms with E-state index in [0.29, 0.717) is 61.3 Å². The van der Waals surface area contributed by atoms with Crippen LogP contribution in [0.3, 0.4) is 0 Å². The first-order chi connectivity index (χ1) is 21.9. The molecule has 2 aliphatic heterocycles. The Labute approximate surface area is 261 Å². The highest BCUT2D eigenvalue weighted by molar-refractivity contribution is 5.92. The third kappa shape index (κ3) is 6.81. The van der Waals surface area contributed by atoms with Crippen LogP contribution in [0.2, 0.25) is 0 Å². The van der Waals surface area contributed by atoms with Gasteiger partial charge in [0, 0.05) is 63.6 Å². The maximum atomic E-state index is 14.1. The van der Waals surface area contributed by atoms with Gasteiger partial charge in [-0.2, -0.15) is 23.4 Å². The van der Waals surface area contributed by atoms with Crippen molar-refractivity contribution in [3.63, 3.8) is 0 Å². The van der Waals surface area contributed by atoms with E-state index in [9.17, 15) is 31.5 Å². The van der Waals surface area contributed by atoms with Crippen molar-refractivity contribution in [2.75, 3.05) is 37.7 Å². The van der Waals surface area contributed by atoms with Gasteiger partial charge in [-0.25, -0.2) is 18.3 Å². The van der Waals surface area contributed by atoms with Gasteiger partial charge >= 0.3 is 6.18 Å². The molecule has 11 nitrogen and oxygen atoms in total. The molecule has 3 fully saturated rings. The molecule has 2 N–H and O–H groups in total. The number of piperidine rings is 1. The summed E-state index contributed by atoms with van der Waals surface area (Å²) in [6.07, 6.45) is -1.94. The van der Waals surface area contributed by atoms with E-state index in [0.717, 1.165) is 0 Å². The SMILES string of the molecule is CCn1nccc1C(=O)N[C@H](c1cn2nc(C[C@H]3C[C@@H](C(F)(F)F)CNC3=O)c(N3CCOCC3)cc2n1)C1CCC(F)(F)CC1. The summed E-state index contributed by atoms with van der Waals surface area (Å²) in [5, 5.41) is 14.3. The van der Waals surface area contributed by atoms with Crippen LogP contribution < -0.4 is 15.5 Å². The van der Waals surface area contributed by atoms with Gasteiger partial charge in [0.1, 0.15) is 5.69 Å². The van der Waals surface area contributed by atoms with Gasteiger partial charge in [0.05, 0.1) is 48.4 Å². The Morgan fingerprint density at radius 3 is 2.65 bits per heavy atom. The van der Waals surface area contributed by atoms with Crippen LogP contribution in [0.25, 0.3) is 5.65 Å². The van der Waals surface area contributed by atoms with Crippen molar-refractivity contribution in [3.8, 4) is 0 Å². The molecule has 3 aromatic heterocycles. The van der Waals surface area contributed by atoms with Gasteiger partial charge in [-0.3, -0.25) is 14.3 Å². The van der Waals surface area contributed by atoms with Crippen LogP contribution in [-0.2, 0) is 22.5 Å². The van der Waals surface area contributed by atoms with Gasteiger partial charge in [-0.15, -0.1) is 0 Å². The van der Waals surface area contributed by atoms with Gasteiger partial charge in [0.2, 0.25) is 11.8 Å². The zero-order chi connectivity index (χ0) is 32.6. The van der Waals surface area contributed by atoms with E-state index >= 15 is 0 Å². The molecule has 1 aliphatic carbocycles. The molecular weight excluding hydrogens is 615 g/mol. The van der Waals surface area contributed by atoms with Gasteiger partial charge in [0.15, 0.2) is 5.65 Å². The first-order valence-electron chi connectivity index (χ1n) is 15.7. The fourth-order valence-electron chi connectivity index (χ4n) is 6.72. The number of amides is 2. The fourth-order valence-corrected chi connectivity index (χ4v) is 6.72. The number of ether oxygens (including phenoxy) is 1. The van der Waals surface area contributed by atoms with Gasteiger partial charge in [-0.1, -0.05) is 0 Å². The highest BCUT2D eigenvalue weighted by Gasteiger charge is 2.45. The first kappa shape index (κ1) is 32.1. The lowest BCUT2D eigenvalue weighted by Crippen LogP contribution is -2.47. The Balaban J connectivity index is 1.35.